The van der Waals surface area contributed by atoms with Crippen molar-refractivity contribution in [1.29, 1.82) is 0 Å². The molecule has 0 saturated carbocycles. The first-order valence-corrected chi connectivity index (χ1v) is 15.5. The summed E-state index contributed by atoms with van der Waals surface area (Å²) in [4.78, 5) is 29.1. The first kappa shape index (κ1) is 32.5. The second-order valence-electron chi connectivity index (χ2n) is 9.93. The molecule has 3 aromatic carbocycles. The van der Waals surface area contributed by atoms with Crippen LogP contribution in [-0.4, -0.2) is 64.5 Å². The molecule has 2 atom stereocenters. The Hall–Kier alpha value is -4.05. The van der Waals surface area contributed by atoms with Gasteiger partial charge < -0.3 is 19.7 Å². The van der Waals surface area contributed by atoms with Gasteiger partial charge in [0.05, 0.1) is 24.8 Å². The van der Waals surface area contributed by atoms with Gasteiger partial charge in [0, 0.05) is 18.7 Å². The fourth-order valence-corrected chi connectivity index (χ4v) is 6.00. The third-order valence-corrected chi connectivity index (χ3v) is 8.91. The van der Waals surface area contributed by atoms with Gasteiger partial charge in [0.1, 0.15) is 24.1 Å². The molecule has 0 heterocycles. The second-order valence-corrected chi connectivity index (χ2v) is 11.8. The number of amides is 2. The fourth-order valence-electron chi connectivity index (χ4n) is 4.56. The summed E-state index contributed by atoms with van der Waals surface area (Å²) in [5, 5.41) is 2.99. The average molecular weight is 596 g/mol. The van der Waals surface area contributed by atoms with Crippen molar-refractivity contribution in [1.82, 2.24) is 10.2 Å². The summed E-state index contributed by atoms with van der Waals surface area (Å²) in [6.45, 7) is 5.39. The molecule has 10 heteroatoms. The van der Waals surface area contributed by atoms with Crippen molar-refractivity contribution in [2.45, 2.75) is 57.0 Å². The van der Waals surface area contributed by atoms with Crippen LogP contribution >= 0.6 is 0 Å². The number of sulfonamides is 1. The van der Waals surface area contributed by atoms with Gasteiger partial charge in [0.2, 0.25) is 11.8 Å². The molecule has 3 rings (SSSR count). The van der Waals surface area contributed by atoms with Crippen molar-refractivity contribution in [3.8, 4) is 11.5 Å². The Morgan fingerprint density at radius 2 is 1.52 bits per heavy atom. The number of ether oxygens (including phenoxy) is 2. The summed E-state index contributed by atoms with van der Waals surface area (Å²) >= 11 is 0. The molecule has 42 heavy (non-hydrogen) atoms. The largest absolute Gasteiger partial charge is 0.497 e. The lowest BCUT2D eigenvalue weighted by Crippen LogP contribution is -2.54. The molecule has 0 fully saturated rings. The molecule has 0 spiro atoms. The van der Waals surface area contributed by atoms with Gasteiger partial charge in [-0.1, -0.05) is 62.4 Å². The van der Waals surface area contributed by atoms with E-state index in [0.717, 1.165) is 16.3 Å². The van der Waals surface area contributed by atoms with E-state index >= 15 is 0 Å². The molecule has 0 saturated heterocycles. The van der Waals surface area contributed by atoms with Crippen LogP contribution < -0.4 is 19.1 Å². The molecular weight excluding hydrogens is 554 g/mol. The quantitative estimate of drug-likeness (QED) is 0.274. The highest BCUT2D eigenvalue weighted by Gasteiger charge is 2.35. The molecule has 3 aromatic rings. The maximum absolute atomic E-state index is 14.2. The Morgan fingerprint density at radius 3 is 2.10 bits per heavy atom. The van der Waals surface area contributed by atoms with E-state index < -0.39 is 28.5 Å². The zero-order valence-electron chi connectivity index (χ0n) is 24.9. The van der Waals surface area contributed by atoms with Crippen LogP contribution in [0.3, 0.4) is 0 Å². The lowest BCUT2D eigenvalue weighted by Gasteiger charge is -2.34. The molecule has 226 valence electrons. The smallest absolute Gasteiger partial charge is 0.264 e. The fraction of sp³-hybridized carbons (Fsp3) is 0.375. The predicted molar refractivity (Wildman–Crippen MR) is 164 cm³/mol. The first-order valence-electron chi connectivity index (χ1n) is 14.1. The summed E-state index contributed by atoms with van der Waals surface area (Å²) in [5.74, 6) is -0.140. The minimum atomic E-state index is -4.23. The van der Waals surface area contributed by atoms with E-state index in [1.54, 1.807) is 30.3 Å². The number of benzene rings is 3. The molecule has 9 nitrogen and oxygen atoms in total. The van der Waals surface area contributed by atoms with Crippen molar-refractivity contribution >= 4 is 27.5 Å². The molecule has 0 aliphatic rings. The van der Waals surface area contributed by atoms with E-state index in [9.17, 15) is 18.0 Å². The zero-order chi connectivity index (χ0) is 30.7. The van der Waals surface area contributed by atoms with Crippen LogP contribution in [0, 0.1) is 0 Å². The molecular formula is C32H41N3O6S. The van der Waals surface area contributed by atoms with Gasteiger partial charge in [-0.2, -0.15) is 0 Å². The highest BCUT2D eigenvalue weighted by Crippen LogP contribution is 2.36. The summed E-state index contributed by atoms with van der Waals surface area (Å²) in [5.41, 5.74) is 1.14. The third kappa shape index (κ3) is 8.03. The number of nitrogens with one attached hydrogen (secondary N) is 1. The van der Waals surface area contributed by atoms with E-state index in [-0.39, 0.29) is 34.8 Å². The summed E-state index contributed by atoms with van der Waals surface area (Å²) in [7, 11) is -1.33. The van der Waals surface area contributed by atoms with Crippen LogP contribution in [0.2, 0.25) is 0 Å². The Balaban J connectivity index is 2.08. The summed E-state index contributed by atoms with van der Waals surface area (Å²) in [6, 6.07) is 21.4. The molecule has 1 N–H and O–H groups in total. The van der Waals surface area contributed by atoms with Crippen molar-refractivity contribution in [3.63, 3.8) is 0 Å². The number of rotatable bonds is 15. The van der Waals surface area contributed by atoms with E-state index in [4.69, 9.17) is 9.47 Å². The number of carbonyl (C=O) groups is 2. The predicted octanol–water partition coefficient (Wildman–Crippen LogP) is 4.66. The van der Waals surface area contributed by atoms with Gasteiger partial charge in [0.15, 0.2) is 0 Å². The van der Waals surface area contributed by atoms with Gasteiger partial charge in [0.25, 0.3) is 10.0 Å². The molecule has 0 aliphatic carbocycles. The summed E-state index contributed by atoms with van der Waals surface area (Å²) in [6.07, 6.45) is 1.59. The van der Waals surface area contributed by atoms with Gasteiger partial charge >= 0.3 is 0 Å². The SMILES string of the molecule is CC[C@H](C)NC(=O)[C@H](CC)N(CCc1ccccc1)C(=O)CN(c1cc(OC)ccc1OC)S(=O)(=O)c1ccccc1. The van der Waals surface area contributed by atoms with Crippen LogP contribution in [0.5, 0.6) is 11.5 Å². The Morgan fingerprint density at radius 1 is 0.881 bits per heavy atom. The molecule has 0 aliphatic heterocycles. The van der Waals surface area contributed by atoms with E-state index in [1.165, 1.54) is 37.3 Å². The van der Waals surface area contributed by atoms with Crippen LogP contribution in [0.25, 0.3) is 0 Å². The number of nitrogens with zero attached hydrogens (tertiary/aromatic N) is 2. The topological polar surface area (TPSA) is 105 Å². The second kappa shape index (κ2) is 15.3. The van der Waals surface area contributed by atoms with Crippen molar-refractivity contribution < 1.29 is 27.5 Å². The van der Waals surface area contributed by atoms with Crippen LogP contribution in [-0.2, 0) is 26.0 Å². The maximum atomic E-state index is 14.2. The molecule has 0 unspecified atom stereocenters. The minimum Gasteiger partial charge on any atom is -0.497 e. The van der Waals surface area contributed by atoms with Crippen LogP contribution in [0.1, 0.15) is 39.2 Å². The maximum Gasteiger partial charge on any atom is 0.264 e. The number of hydrogen-bond donors (Lipinski definition) is 1. The lowest BCUT2D eigenvalue weighted by atomic mass is 10.1. The Bertz CT molecular complexity index is 1420. The standard InChI is InChI=1S/C32H41N3O6S/c1-6-24(3)33-32(37)28(7-2)34(21-20-25-14-10-8-11-15-25)31(36)23-35(42(38,39)27-16-12-9-13-17-27)29-22-26(40-4)18-19-30(29)41-5/h8-19,22,24,28H,6-7,20-21,23H2,1-5H3,(H,33,37)/t24-,28-/m0/s1. The van der Waals surface area contributed by atoms with E-state index in [1.807, 2.05) is 51.1 Å². The minimum absolute atomic E-state index is 0.0139. The Kier molecular flexibility index (Phi) is 11.8. The van der Waals surface area contributed by atoms with Gasteiger partial charge in [-0.3, -0.25) is 13.9 Å². The van der Waals surface area contributed by atoms with E-state index in [2.05, 4.69) is 5.32 Å². The molecule has 2 amide bonds. The van der Waals surface area contributed by atoms with Gasteiger partial charge in [-0.25, -0.2) is 8.42 Å². The van der Waals surface area contributed by atoms with Crippen molar-refractivity contribution in [3.05, 3.63) is 84.4 Å². The molecule has 0 aromatic heterocycles. The average Bonchev–Trinajstić information content (AvgIpc) is 3.02. The number of anilines is 1. The van der Waals surface area contributed by atoms with E-state index in [0.29, 0.717) is 18.6 Å². The third-order valence-electron chi connectivity index (χ3n) is 7.14. The zero-order valence-corrected chi connectivity index (χ0v) is 25.8. The van der Waals surface area contributed by atoms with Crippen molar-refractivity contribution in [2.24, 2.45) is 0 Å². The molecule has 0 radical (unpaired) electrons. The van der Waals surface area contributed by atoms with Crippen LogP contribution in [0.4, 0.5) is 5.69 Å². The number of methoxy groups -OCH3 is 2. The molecule has 0 bridgehead atoms. The first-order chi connectivity index (χ1) is 20.2. The van der Waals surface area contributed by atoms with Crippen molar-refractivity contribution in [2.75, 3.05) is 31.6 Å². The summed E-state index contributed by atoms with van der Waals surface area (Å²) < 4.78 is 40.1. The normalized spacial score (nSPS) is 12.6. The van der Waals surface area contributed by atoms with Crippen LogP contribution in [0.15, 0.2) is 83.8 Å². The number of carbonyl (C=O) groups excluding carboxylic acids is 2. The van der Waals surface area contributed by atoms with Gasteiger partial charge in [-0.15, -0.1) is 0 Å². The number of hydrogen-bond acceptors (Lipinski definition) is 6. The highest BCUT2D eigenvalue weighted by molar-refractivity contribution is 7.92. The van der Waals surface area contributed by atoms with Gasteiger partial charge in [-0.05, 0) is 56.0 Å². The highest BCUT2D eigenvalue weighted by atomic mass is 32.2. The monoisotopic (exact) mass is 595 g/mol. The lowest BCUT2D eigenvalue weighted by molar-refractivity contribution is -0.139. The Labute approximate surface area is 249 Å².